The van der Waals surface area contributed by atoms with E-state index in [1.54, 1.807) is 0 Å². The molecule has 0 saturated heterocycles. The van der Waals surface area contributed by atoms with Crippen molar-refractivity contribution in [1.29, 1.82) is 0 Å². The Hall–Kier alpha value is -4.92. The number of anilines is 1. The lowest BCUT2D eigenvalue weighted by Crippen LogP contribution is -2.26. The van der Waals surface area contributed by atoms with E-state index in [1.165, 1.54) is 22.3 Å². The molecule has 6 aromatic carbocycles. The van der Waals surface area contributed by atoms with Crippen LogP contribution in [0.15, 0.2) is 164 Å². The molecule has 2 heteroatoms. The number of para-hydroxylation sites is 1. The van der Waals surface area contributed by atoms with Crippen LogP contribution in [0.3, 0.4) is 0 Å². The summed E-state index contributed by atoms with van der Waals surface area (Å²) in [4.78, 5) is 0. The van der Waals surface area contributed by atoms with Gasteiger partial charge in [0, 0.05) is 11.3 Å². The number of hydrogen-bond acceptors (Lipinski definition) is 2. The van der Waals surface area contributed by atoms with Gasteiger partial charge in [0.05, 0.1) is 12.1 Å². The largest absolute Gasteiger partial charge is 0.376 e. The first-order valence-corrected chi connectivity index (χ1v) is 13.7. The molecule has 2 nitrogen and oxygen atoms in total. The summed E-state index contributed by atoms with van der Waals surface area (Å²) in [6.07, 6.45) is 0. The van der Waals surface area contributed by atoms with Crippen LogP contribution in [0.4, 0.5) is 5.69 Å². The van der Waals surface area contributed by atoms with Crippen LogP contribution < -0.4 is 11.1 Å². The predicted octanol–water partition coefficient (Wildman–Crippen LogP) is 9.54. The zero-order chi connectivity index (χ0) is 27.1. The van der Waals surface area contributed by atoms with Crippen LogP contribution in [-0.2, 0) is 0 Å². The molecular weight excluding hydrogens is 484 g/mol. The zero-order valence-electron chi connectivity index (χ0n) is 22.3. The van der Waals surface area contributed by atoms with Crippen molar-refractivity contribution >= 4 is 5.69 Å². The summed E-state index contributed by atoms with van der Waals surface area (Å²) in [6.45, 7) is 0. The Labute approximate surface area is 236 Å². The molecular formula is C38H32N2. The maximum Gasteiger partial charge on any atom is 0.0706 e. The minimum absolute atomic E-state index is 0.115. The minimum Gasteiger partial charge on any atom is -0.376 e. The van der Waals surface area contributed by atoms with E-state index in [4.69, 9.17) is 5.73 Å². The molecule has 0 aromatic heterocycles. The highest BCUT2D eigenvalue weighted by molar-refractivity contribution is 5.86. The second-order valence-electron chi connectivity index (χ2n) is 10.0. The molecule has 0 radical (unpaired) electrons. The van der Waals surface area contributed by atoms with Crippen molar-refractivity contribution < 1.29 is 0 Å². The molecule has 0 fully saturated rings. The van der Waals surface area contributed by atoms with Gasteiger partial charge in [-0.25, -0.2) is 0 Å². The van der Waals surface area contributed by atoms with E-state index in [0.717, 1.165) is 27.9 Å². The summed E-state index contributed by atoms with van der Waals surface area (Å²) in [5, 5.41) is 3.85. The first-order valence-electron chi connectivity index (χ1n) is 13.7. The normalized spacial score (nSPS) is 12.4. The van der Waals surface area contributed by atoms with Gasteiger partial charge in [-0.2, -0.15) is 0 Å². The van der Waals surface area contributed by atoms with Crippen LogP contribution in [0.25, 0.3) is 33.4 Å². The predicted molar refractivity (Wildman–Crippen MR) is 169 cm³/mol. The highest BCUT2D eigenvalue weighted by Gasteiger charge is 2.22. The number of hydrogen-bond donors (Lipinski definition) is 2. The van der Waals surface area contributed by atoms with Crippen LogP contribution >= 0.6 is 0 Å². The maximum absolute atomic E-state index is 6.95. The Balaban J connectivity index is 1.46. The van der Waals surface area contributed by atoms with Crippen LogP contribution in [0.5, 0.6) is 0 Å². The Morgan fingerprint density at radius 3 is 1.38 bits per heavy atom. The van der Waals surface area contributed by atoms with Crippen LogP contribution in [0, 0.1) is 0 Å². The molecule has 0 heterocycles. The third kappa shape index (κ3) is 5.58. The average molecular weight is 517 g/mol. The number of rotatable bonds is 8. The van der Waals surface area contributed by atoms with E-state index < -0.39 is 0 Å². The Kier molecular flexibility index (Phi) is 7.52. The number of nitrogens with two attached hydrogens (primary N) is 1. The molecule has 0 spiro atoms. The van der Waals surface area contributed by atoms with Crippen molar-refractivity contribution in [3.63, 3.8) is 0 Å². The molecule has 0 aliphatic carbocycles. The highest BCUT2D eigenvalue weighted by atomic mass is 15.0. The van der Waals surface area contributed by atoms with Crippen LogP contribution in [-0.4, -0.2) is 0 Å². The van der Waals surface area contributed by atoms with Crippen molar-refractivity contribution in [3.05, 3.63) is 175 Å². The molecule has 6 rings (SSSR count). The van der Waals surface area contributed by atoms with E-state index >= 15 is 0 Å². The Morgan fingerprint density at radius 2 is 0.825 bits per heavy atom. The minimum atomic E-state index is -0.229. The molecule has 0 bridgehead atoms. The van der Waals surface area contributed by atoms with Gasteiger partial charge in [-0.3, -0.25) is 0 Å². The SMILES string of the molecule is N[C@@H](c1ccccc1)[C@@H](Nc1ccccc1-c1cc(-c2ccccc2)cc(-c2ccccc2)c1)c1ccccc1. The fourth-order valence-corrected chi connectivity index (χ4v) is 5.31. The molecule has 0 aliphatic heterocycles. The summed E-state index contributed by atoms with van der Waals surface area (Å²) in [7, 11) is 0. The summed E-state index contributed by atoms with van der Waals surface area (Å²) in [6, 6.07) is 57.0. The van der Waals surface area contributed by atoms with Gasteiger partial charge in [0.2, 0.25) is 0 Å². The molecule has 40 heavy (non-hydrogen) atoms. The summed E-state index contributed by atoms with van der Waals surface area (Å²) in [5.41, 5.74) is 17.3. The monoisotopic (exact) mass is 516 g/mol. The van der Waals surface area contributed by atoms with Gasteiger partial charge in [0.1, 0.15) is 0 Å². The molecule has 0 saturated carbocycles. The van der Waals surface area contributed by atoms with Crippen molar-refractivity contribution in [3.8, 4) is 33.4 Å². The van der Waals surface area contributed by atoms with Gasteiger partial charge in [-0.1, -0.05) is 140 Å². The molecule has 3 N–H and O–H groups in total. The van der Waals surface area contributed by atoms with E-state index in [2.05, 4.69) is 145 Å². The first kappa shape index (κ1) is 25.4. The highest BCUT2D eigenvalue weighted by Crippen LogP contribution is 2.38. The van der Waals surface area contributed by atoms with Gasteiger partial charge in [-0.05, 0) is 63.2 Å². The summed E-state index contributed by atoms with van der Waals surface area (Å²) >= 11 is 0. The van der Waals surface area contributed by atoms with E-state index in [9.17, 15) is 0 Å². The zero-order valence-corrected chi connectivity index (χ0v) is 22.3. The Morgan fingerprint density at radius 1 is 0.400 bits per heavy atom. The standard InChI is InChI=1S/C38H32N2/c39-37(30-19-9-3-10-20-30)38(31-21-11-4-12-22-31)40-36-24-14-13-23-35(36)34-26-32(28-15-5-1-6-16-28)25-33(27-34)29-17-7-2-8-18-29/h1-27,37-38,40H,39H2/t37-,38-/m0/s1. The lowest BCUT2D eigenvalue weighted by Gasteiger charge is -2.28. The van der Waals surface area contributed by atoms with Gasteiger partial charge >= 0.3 is 0 Å². The summed E-state index contributed by atoms with van der Waals surface area (Å²) < 4.78 is 0. The van der Waals surface area contributed by atoms with Crippen LogP contribution in [0.1, 0.15) is 23.2 Å². The van der Waals surface area contributed by atoms with Crippen molar-refractivity contribution in [2.75, 3.05) is 5.32 Å². The lowest BCUT2D eigenvalue weighted by molar-refractivity contribution is 0.610. The van der Waals surface area contributed by atoms with Crippen LogP contribution in [0.2, 0.25) is 0 Å². The average Bonchev–Trinajstić information content (AvgIpc) is 3.05. The molecule has 0 aliphatic rings. The number of benzene rings is 6. The van der Waals surface area contributed by atoms with E-state index in [0.29, 0.717) is 0 Å². The van der Waals surface area contributed by atoms with Gasteiger partial charge < -0.3 is 11.1 Å². The quantitative estimate of drug-likeness (QED) is 0.211. The van der Waals surface area contributed by atoms with E-state index in [-0.39, 0.29) is 12.1 Å². The topological polar surface area (TPSA) is 38.0 Å². The fraction of sp³-hybridized carbons (Fsp3) is 0.0526. The van der Waals surface area contributed by atoms with Gasteiger partial charge in [0.15, 0.2) is 0 Å². The molecule has 0 unspecified atom stereocenters. The smallest absolute Gasteiger partial charge is 0.0706 e. The van der Waals surface area contributed by atoms with E-state index in [1.807, 2.05) is 24.3 Å². The second-order valence-corrected chi connectivity index (χ2v) is 10.0. The Bertz CT molecular complexity index is 1610. The molecule has 0 amide bonds. The van der Waals surface area contributed by atoms with Gasteiger partial charge in [0.25, 0.3) is 0 Å². The lowest BCUT2D eigenvalue weighted by atomic mass is 9.91. The second kappa shape index (κ2) is 11.9. The fourth-order valence-electron chi connectivity index (χ4n) is 5.31. The first-order chi connectivity index (χ1) is 19.8. The van der Waals surface area contributed by atoms with Gasteiger partial charge in [-0.15, -0.1) is 0 Å². The molecule has 194 valence electrons. The van der Waals surface area contributed by atoms with Crippen molar-refractivity contribution in [2.45, 2.75) is 12.1 Å². The van der Waals surface area contributed by atoms with Crippen molar-refractivity contribution in [1.82, 2.24) is 0 Å². The summed E-state index contributed by atoms with van der Waals surface area (Å²) in [5.74, 6) is 0. The third-order valence-corrected chi connectivity index (χ3v) is 7.40. The molecule has 6 aromatic rings. The maximum atomic E-state index is 6.95. The molecule has 2 atom stereocenters. The number of nitrogens with one attached hydrogen (secondary N) is 1. The van der Waals surface area contributed by atoms with Crippen molar-refractivity contribution in [2.24, 2.45) is 5.73 Å². The third-order valence-electron chi connectivity index (χ3n) is 7.40.